The number of aliphatic carboxylic acids is 1. The second kappa shape index (κ2) is 6.08. The van der Waals surface area contributed by atoms with Crippen LogP contribution in [0.3, 0.4) is 0 Å². The fourth-order valence-electron chi connectivity index (χ4n) is 2.22. The van der Waals surface area contributed by atoms with E-state index in [0.29, 0.717) is 12.8 Å². The molecule has 1 heterocycles. The molecule has 0 spiro atoms. The van der Waals surface area contributed by atoms with Crippen LogP contribution in [0.25, 0.3) is 0 Å². The Balaban J connectivity index is 2.23. The molecule has 1 fully saturated rings. The van der Waals surface area contributed by atoms with Crippen molar-refractivity contribution in [1.29, 1.82) is 0 Å². The number of hydrogen-bond acceptors (Lipinski definition) is 4. The van der Waals surface area contributed by atoms with Crippen molar-refractivity contribution in [3.05, 3.63) is 23.2 Å². The predicted octanol–water partition coefficient (Wildman–Crippen LogP) is 1.64. The molecule has 1 aliphatic heterocycles. The van der Waals surface area contributed by atoms with Crippen LogP contribution in [0.2, 0.25) is 5.02 Å². The number of carboxylic acid groups (broad SMARTS) is 1. The number of benzene rings is 1. The molecule has 0 radical (unpaired) electrons. The van der Waals surface area contributed by atoms with E-state index >= 15 is 0 Å². The fourth-order valence-corrected chi connectivity index (χ4v) is 3.84. The van der Waals surface area contributed by atoms with E-state index in [1.165, 1.54) is 18.2 Å². The van der Waals surface area contributed by atoms with Gasteiger partial charge in [-0.1, -0.05) is 11.6 Å². The standard InChI is InChI=1S/C12H15ClN2O5S/c13-9-7-8(4-5-11(9)16)14-21(19,20)15-6-2-1-3-10(15)12(17)18/h4-5,7,10,14,16H,1-3,6H2,(H,17,18). The molecule has 0 amide bonds. The van der Waals surface area contributed by atoms with Crippen LogP contribution in [0.1, 0.15) is 19.3 Å². The summed E-state index contributed by atoms with van der Waals surface area (Å²) >= 11 is 5.72. The van der Waals surface area contributed by atoms with Gasteiger partial charge in [0.2, 0.25) is 0 Å². The average molecular weight is 335 g/mol. The number of piperidine rings is 1. The van der Waals surface area contributed by atoms with E-state index in [4.69, 9.17) is 16.7 Å². The average Bonchev–Trinajstić information content (AvgIpc) is 2.42. The molecule has 2 rings (SSSR count). The Kier molecular flexibility index (Phi) is 4.60. The molecule has 1 atom stereocenters. The highest BCUT2D eigenvalue weighted by Gasteiger charge is 2.36. The summed E-state index contributed by atoms with van der Waals surface area (Å²) in [5.74, 6) is -1.33. The van der Waals surface area contributed by atoms with Crippen LogP contribution in [0.5, 0.6) is 5.75 Å². The first kappa shape index (κ1) is 15.9. The molecule has 116 valence electrons. The summed E-state index contributed by atoms with van der Waals surface area (Å²) in [5, 5.41) is 18.4. The van der Waals surface area contributed by atoms with E-state index in [1.807, 2.05) is 0 Å². The van der Waals surface area contributed by atoms with Gasteiger partial charge in [-0.05, 0) is 37.5 Å². The number of hydrogen-bond donors (Lipinski definition) is 3. The van der Waals surface area contributed by atoms with Crippen LogP contribution >= 0.6 is 11.6 Å². The van der Waals surface area contributed by atoms with Gasteiger partial charge in [0.05, 0.1) is 10.7 Å². The van der Waals surface area contributed by atoms with Crippen LogP contribution in [0, 0.1) is 0 Å². The van der Waals surface area contributed by atoms with E-state index < -0.39 is 22.2 Å². The van der Waals surface area contributed by atoms with Crippen molar-refractivity contribution < 1.29 is 23.4 Å². The molecule has 3 N–H and O–H groups in total. The number of carboxylic acids is 1. The summed E-state index contributed by atoms with van der Waals surface area (Å²) in [7, 11) is -4.00. The summed E-state index contributed by atoms with van der Waals surface area (Å²) in [5.41, 5.74) is 0.160. The van der Waals surface area contributed by atoms with Gasteiger partial charge in [0.15, 0.2) is 0 Å². The Morgan fingerprint density at radius 2 is 2.10 bits per heavy atom. The number of nitrogens with zero attached hydrogens (tertiary/aromatic N) is 1. The molecule has 1 saturated heterocycles. The number of rotatable bonds is 4. The van der Waals surface area contributed by atoms with E-state index in [1.54, 1.807) is 0 Å². The normalized spacial score (nSPS) is 20.1. The zero-order valence-corrected chi connectivity index (χ0v) is 12.6. The number of carbonyl (C=O) groups is 1. The number of anilines is 1. The van der Waals surface area contributed by atoms with Crippen LogP contribution in [-0.4, -0.2) is 41.5 Å². The molecule has 21 heavy (non-hydrogen) atoms. The lowest BCUT2D eigenvalue weighted by Crippen LogP contribution is -2.49. The molecule has 1 unspecified atom stereocenters. The number of aromatic hydroxyl groups is 1. The third kappa shape index (κ3) is 3.58. The summed E-state index contributed by atoms with van der Waals surface area (Å²) < 4.78 is 27.8. The molecule has 7 nitrogen and oxygen atoms in total. The van der Waals surface area contributed by atoms with E-state index in [-0.39, 0.29) is 29.4 Å². The maximum absolute atomic E-state index is 12.3. The second-order valence-corrected chi connectivity index (χ2v) is 6.76. The zero-order chi connectivity index (χ0) is 15.6. The van der Waals surface area contributed by atoms with Gasteiger partial charge in [-0.2, -0.15) is 12.7 Å². The summed E-state index contributed by atoms with van der Waals surface area (Å²) in [4.78, 5) is 11.2. The Morgan fingerprint density at radius 3 is 2.71 bits per heavy atom. The maximum Gasteiger partial charge on any atom is 0.322 e. The summed E-state index contributed by atoms with van der Waals surface area (Å²) in [6.07, 6.45) is 1.57. The summed E-state index contributed by atoms with van der Waals surface area (Å²) in [6.45, 7) is 0.151. The number of nitrogens with one attached hydrogen (secondary N) is 1. The van der Waals surface area contributed by atoms with Crippen molar-refractivity contribution in [3.63, 3.8) is 0 Å². The van der Waals surface area contributed by atoms with Gasteiger partial charge in [-0.3, -0.25) is 9.52 Å². The first-order valence-corrected chi connectivity index (χ1v) is 8.14. The first-order valence-electron chi connectivity index (χ1n) is 6.32. The van der Waals surface area contributed by atoms with Crippen molar-refractivity contribution in [2.75, 3.05) is 11.3 Å². The topological polar surface area (TPSA) is 107 Å². The molecule has 0 aromatic heterocycles. The minimum atomic E-state index is -4.00. The SMILES string of the molecule is O=C(O)C1CCCCN1S(=O)(=O)Nc1ccc(O)c(Cl)c1. The van der Waals surface area contributed by atoms with E-state index in [0.717, 1.165) is 4.31 Å². The third-order valence-electron chi connectivity index (χ3n) is 3.24. The second-order valence-electron chi connectivity index (χ2n) is 4.73. The highest BCUT2D eigenvalue weighted by atomic mass is 35.5. The lowest BCUT2D eigenvalue weighted by Gasteiger charge is -2.31. The highest BCUT2D eigenvalue weighted by Crippen LogP contribution is 2.28. The molecular formula is C12H15ClN2O5S. The molecule has 0 bridgehead atoms. The highest BCUT2D eigenvalue weighted by molar-refractivity contribution is 7.90. The predicted molar refractivity (Wildman–Crippen MR) is 77.6 cm³/mol. The third-order valence-corrected chi connectivity index (χ3v) is 5.09. The largest absolute Gasteiger partial charge is 0.506 e. The van der Waals surface area contributed by atoms with Crippen molar-refractivity contribution >= 4 is 33.5 Å². The van der Waals surface area contributed by atoms with Gasteiger partial charge in [0.25, 0.3) is 0 Å². The van der Waals surface area contributed by atoms with Crippen LogP contribution in [-0.2, 0) is 15.0 Å². The number of halogens is 1. The smallest absolute Gasteiger partial charge is 0.322 e. The van der Waals surface area contributed by atoms with Crippen molar-refractivity contribution in [2.24, 2.45) is 0 Å². The van der Waals surface area contributed by atoms with Crippen molar-refractivity contribution in [1.82, 2.24) is 4.31 Å². The van der Waals surface area contributed by atoms with Crippen molar-refractivity contribution in [3.8, 4) is 5.75 Å². The monoisotopic (exact) mass is 334 g/mol. The van der Waals surface area contributed by atoms with Gasteiger partial charge in [0.1, 0.15) is 11.8 Å². The number of phenols is 1. The molecule has 1 aromatic carbocycles. The molecule has 0 saturated carbocycles. The Labute approximate surface area is 127 Å². The Hall–Kier alpha value is -1.51. The quantitative estimate of drug-likeness (QED) is 0.726. The van der Waals surface area contributed by atoms with Crippen LogP contribution < -0.4 is 4.72 Å². The Bertz CT molecular complexity index is 649. The van der Waals surface area contributed by atoms with Crippen molar-refractivity contribution in [2.45, 2.75) is 25.3 Å². The lowest BCUT2D eigenvalue weighted by atomic mass is 10.1. The minimum absolute atomic E-state index is 0.00336. The van der Waals surface area contributed by atoms with E-state index in [9.17, 15) is 18.3 Å². The molecule has 0 aliphatic carbocycles. The molecule has 1 aromatic rings. The zero-order valence-electron chi connectivity index (χ0n) is 11.0. The van der Waals surface area contributed by atoms with Gasteiger partial charge < -0.3 is 10.2 Å². The first-order chi connectivity index (χ1) is 9.81. The van der Waals surface area contributed by atoms with Crippen LogP contribution in [0.15, 0.2) is 18.2 Å². The fraction of sp³-hybridized carbons (Fsp3) is 0.417. The van der Waals surface area contributed by atoms with Crippen LogP contribution in [0.4, 0.5) is 5.69 Å². The minimum Gasteiger partial charge on any atom is -0.506 e. The molecule has 9 heteroatoms. The Morgan fingerprint density at radius 1 is 1.38 bits per heavy atom. The van der Waals surface area contributed by atoms with Gasteiger partial charge in [-0.15, -0.1) is 0 Å². The molecule has 1 aliphatic rings. The van der Waals surface area contributed by atoms with E-state index in [2.05, 4.69) is 4.72 Å². The van der Waals surface area contributed by atoms with Gasteiger partial charge in [0, 0.05) is 6.54 Å². The lowest BCUT2D eigenvalue weighted by molar-refractivity contribution is -0.142. The molecular weight excluding hydrogens is 320 g/mol. The van der Waals surface area contributed by atoms with Gasteiger partial charge >= 0.3 is 16.2 Å². The summed E-state index contributed by atoms with van der Waals surface area (Å²) in [6, 6.07) is 2.79. The van der Waals surface area contributed by atoms with Gasteiger partial charge in [-0.25, -0.2) is 0 Å². The maximum atomic E-state index is 12.3. The number of phenolic OH excluding ortho intramolecular Hbond substituents is 1.